The fourth-order valence-electron chi connectivity index (χ4n) is 1.13. The van der Waals surface area contributed by atoms with Gasteiger partial charge in [0, 0.05) is 12.1 Å². The summed E-state index contributed by atoms with van der Waals surface area (Å²) in [4.78, 5) is 18.8. The summed E-state index contributed by atoms with van der Waals surface area (Å²) in [6, 6.07) is 8.34. The minimum atomic E-state index is -0.700. The van der Waals surface area contributed by atoms with Gasteiger partial charge in [0.1, 0.15) is 0 Å². The van der Waals surface area contributed by atoms with Crippen LogP contribution in [0.1, 0.15) is 16.2 Å². The fourth-order valence-corrected chi connectivity index (χ4v) is 1.13. The van der Waals surface area contributed by atoms with E-state index < -0.39 is 5.97 Å². The van der Waals surface area contributed by atoms with Gasteiger partial charge in [-0.05, 0) is 18.2 Å². The Balaban J connectivity index is 2.04. The van der Waals surface area contributed by atoms with Gasteiger partial charge in [-0.25, -0.2) is 9.78 Å². The first-order valence-corrected chi connectivity index (χ1v) is 4.83. The van der Waals surface area contributed by atoms with Crippen molar-refractivity contribution in [1.29, 1.82) is 0 Å². The Labute approximate surface area is 96.7 Å². The standard InChI is InChI=1S/C11H9N3O3/c12-10(8-4-1-2-6-13-8)14-17-11(15)9-5-3-7-16-9/h1-7H,(H2,12,14)/p+1. The Bertz CT molecular complexity index is 520. The summed E-state index contributed by atoms with van der Waals surface area (Å²) in [5.74, 6) is -0.557. The lowest BCUT2D eigenvalue weighted by Gasteiger charge is -1.95. The van der Waals surface area contributed by atoms with Crippen LogP contribution in [0.4, 0.5) is 0 Å². The Hall–Kier alpha value is -2.63. The van der Waals surface area contributed by atoms with Crippen molar-refractivity contribution in [3.8, 4) is 0 Å². The number of nitrogens with zero attached hydrogens (tertiary/aromatic N) is 1. The molecule has 0 aromatic carbocycles. The monoisotopic (exact) mass is 232 g/mol. The molecule has 0 aliphatic heterocycles. The molecule has 3 N–H and O–H groups in total. The lowest BCUT2D eigenvalue weighted by molar-refractivity contribution is -0.380. The van der Waals surface area contributed by atoms with Crippen LogP contribution in [-0.2, 0) is 4.84 Å². The quantitative estimate of drug-likeness (QED) is 0.362. The molecule has 0 bridgehead atoms. The van der Waals surface area contributed by atoms with Crippen LogP contribution in [0.15, 0.2) is 52.4 Å². The summed E-state index contributed by atoms with van der Waals surface area (Å²) in [5.41, 5.74) is 6.16. The zero-order valence-corrected chi connectivity index (χ0v) is 8.79. The molecule has 0 fully saturated rings. The molecule has 0 spiro atoms. The van der Waals surface area contributed by atoms with E-state index in [-0.39, 0.29) is 11.6 Å². The van der Waals surface area contributed by atoms with Crippen LogP contribution in [0.3, 0.4) is 0 Å². The molecule has 0 atom stereocenters. The molecule has 0 amide bonds. The van der Waals surface area contributed by atoms with Crippen molar-refractivity contribution in [2.45, 2.75) is 0 Å². The SMILES string of the molecule is NC(=NOC(=O)c1ccco1)c1cccc[nH+]1. The number of carbonyl (C=O) groups is 1. The highest BCUT2D eigenvalue weighted by atomic mass is 16.7. The first-order chi connectivity index (χ1) is 8.27. The zero-order valence-electron chi connectivity index (χ0n) is 8.79. The molecule has 86 valence electrons. The van der Waals surface area contributed by atoms with Crippen LogP contribution in [0, 0.1) is 0 Å². The number of amidine groups is 1. The molecule has 2 aromatic rings. The second-order valence-corrected chi connectivity index (χ2v) is 3.11. The van der Waals surface area contributed by atoms with Gasteiger partial charge in [-0.3, -0.25) is 0 Å². The van der Waals surface area contributed by atoms with Gasteiger partial charge in [0.15, 0.2) is 6.20 Å². The third-order valence-corrected chi connectivity index (χ3v) is 1.93. The maximum absolute atomic E-state index is 11.4. The summed E-state index contributed by atoms with van der Waals surface area (Å²) in [6.07, 6.45) is 3.06. The minimum absolute atomic E-state index is 0.0681. The smallest absolute Gasteiger partial charge is 0.400 e. The van der Waals surface area contributed by atoms with Gasteiger partial charge >= 0.3 is 5.97 Å². The molecule has 0 saturated heterocycles. The molecule has 0 unspecified atom stereocenters. The van der Waals surface area contributed by atoms with Crippen LogP contribution >= 0.6 is 0 Å². The molecule has 0 radical (unpaired) electrons. The predicted octanol–water partition coefficient (Wildman–Crippen LogP) is 0.571. The Kier molecular flexibility index (Phi) is 3.15. The van der Waals surface area contributed by atoms with Crippen LogP contribution in [0.2, 0.25) is 0 Å². The number of carbonyl (C=O) groups excluding carboxylic acids is 1. The maximum atomic E-state index is 11.4. The van der Waals surface area contributed by atoms with E-state index in [1.54, 1.807) is 30.5 Å². The summed E-state index contributed by atoms with van der Waals surface area (Å²) in [6.45, 7) is 0. The first-order valence-electron chi connectivity index (χ1n) is 4.83. The van der Waals surface area contributed by atoms with Gasteiger partial charge in [0.05, 0.1) is 6.26 Å². The van der Waals surface area contributed by atoms with E-state index in [0.717, 1.165) is 0 Å². The highest BCUT2D eigenvalue weighted by Crippen LogP contribution is 2.02. The zero-order chi connectivity index (χ0) is 12.1. The van der Waals surface area contributed by atoms with E-state index >= 15 is 0 Å². The number of aromatic amines is 1. The van der Waals surface area contributed by atoms with Crippen molar-refractivity contribution in [1.82, 2.24) is 0 Å². The average molecular weight is 232 g/mol. The van der Waals surface area contributed by atoms with Crippen LogP contribution in [0.25, 0.3) is 0 Å². The van der Waals surface area contributed by atoms with Crippen molar-refractivity contribution in [2.75, 3.05) is 0 Å². The van der Waals surface area contributed by atoms with Crippen molar-refractivity contribution in [3.05, 3.63) is 54.2 Å². The van der Waals surface area contributed by atoms with Gasteiger partial charge in [-0.15, -0.1) is 0 Å². The third kappa shape index (κ3) is 2.69. The largest absolute Gasteiger partial charge is 0.457 e. The molecule has 2 aromatic heterocycles. The van der Waals surface area contributed by atoms with Crippen molar-refractivity contribution < 1.29 is 19.0 Å². The van der Waals surface area contributed by atoms with Gasteiger partial charge in [-0.1, -0.05) is 5.16 Å². The molecule has 0 saturated carbocycles. The van der Waals surface area contributed by atoms with Gasteiger partial charge in [-0.2, -0.15) is 0 Å². The third-order valence-electron chi connectivity index (χ3n) is 1.93. The van der Waals surface area contributed by atoms with Crippen molar-refractivity contribution in [2.24, 2.45) is 10.9 Å². The van der Waals surface area contributed by atoms with Crippen LogP contribution < -0.4 is 10.7 Å². The number of furan rings is 1. The molecule has 17 heavy (non-hydrogen) atoms. The lowest BCUT2D eigenvalue weighted by Crippen LogP contribution is -2.24. The number of oxime groups is 1. The normalized spacial score (nSPS) is 11.2. The highest BCUT2D eigenvalue weighted by molar-refractivity contribution is 5.94. The second-order valence-electron chi connectivity index (χ2n) is 3.11. The first kappa shape index (κ1) is 10.9. The molecular weight excluding hydrogens is 222 g/mol. The summed E-state index contributed by atoms with van der Waals surface area (Å²) in [7, 11) is 0. The second kappa shape index (κ2) is 4.93. The minimum Gasteiger partial charge on any atom is -0.457 e. The number of H-pyrrole nitrogens is 1. The van der Waals surface area contributed by atoms with E-state index in [2.05, 4.69) is 15.0 Å². The number of nitrogens with one attached hydrogen (secondary N) is 1. The predicted molar refractivity (Wildman–Crippen MR) is 57.8 cm³/mol. The summed E-state index contributed by atoms with van der Waals surface area (Å²) >= 11 is 0. The van der Waals surface area contributed by atoms with Gasteiger partial charge in [0.25, 0.3) is 0 Å². The fraction of sp³-hybridized carbons (Fsp3) is 0. The number of hydrogen-bond acceptors (Lipinski definition) is 4. The van der Waals surface area contributed by atoms with Crippen molar-refractivity contribution >= 4 is 11.8 Å². The summed E-state index contributed by atoms with van der Waals surface area (Å²) in [5, 5.41) is 3.50. The maximum Gasteiger partial charge on any atom is 0.400 e. The average Bonchev–Trinajstić information content (AvgIpc) is 2.90. The molecule has 6 heteroatoms. The lowest BCUT2D eigenvalue weighted by atomic mass is 10.3. The van der Waals surface area contributed by atoms with E-state index in [0.29, 0.717) is 5.69 Å². The van der Waals surface area contributed by atoms with Crippen LogP contribution in [0.5, 0.6) is 0 Å². The Morgan fingerprint density at radius 3 is 2.88 bits per heavy atom. The van der Waals surface area contributed by atoms with Crippen LogP contribution in [-0.4, -0.2) is 11.8 Å². The van der Waals surface area contributed by atoms with E-state index in [4.69, 9.17) is 10.2 Å². The summed E-state index contributed by atoms with van der Waals surface area (Å²) < 4.78 is 4.84. The topological polar surface area (TPSA) is 92.0 Å². The molecular formula is C11H10N3O3+. The highest BCUT2D eigenvalue weighted by Gasteiger charge is 2.12. The van der Waals surface area contributed by atoms with Crippen molar-refractivity contribution in [3.63, 3.8) is 0 Å². The number of nitrogens with two attached hydrogens (primary N) is 1. The molecule has 2 heterocycles. The van der Waals surface area contributed by atoms with E-state index in [9.17, 15) is 4.79 Å². The van der Waals surface area contributed by atoms with Gasteiger partial charge in [0.2, 0.25) is 17.3 Å². The molecule has 6 nitrogen and oxygen atoms in total. The molecule has 2 rings (SSSR count). The Morgan fingerprint density at radius 2 is 2.24 bits per heavy atom. The molecule has 0 aliphatic carbocycles. The Morgan fingerprint density at radius 1 is 1.35 bits per heavy atom. The van der Waals surface area contributed by atoms with E-state index in [1.807, 2.05) is 0 Å². The number of rotatable bonds is 3. The molecule has 0 aliphatic rings. The number of hydrogen-bond donors (Lipinski definition) is 1. The number of pyridine rings is 1. The number of aromatic nitrogens is 1. The van der Waals surface area contributed by atoms with E-state index in [1.165, 1.54) is 12.3 Å². The van der Waals surface area contributed by atoms with Gasteiger partial charge < -0.3 is 15.0 Å².